The van der Waals surface area contributed by atoms with Crippen molar-refractivity contribution in [1.82, 2.24) is 0 Å². The molecule has 0 aromatic heterocycles. The SMILES string of the molecule is O=C(O)CC1c2cccc(F)c2N=C(c2ccc(-c3ccccc3CO)cc2)N1c1cccc(C(F)(F)F)c1. The number of aliphatic imine (C=N–C) groups is 1. The average molecular weight is 535 g/mol. The van der Waals surface area contributed by atoms with Crippen molar-refractivity contribution in [3.8, 4) is 11.1 Å². The maximum absolute atomic E-state index is 14.9. The van der Waals surface area contributed by atoms with Gasteiger partial charge in [0.15, 0.2) is 0 Å². The molecule has 5 nitrogen and oxygen atoms in total. The van der Waals surface area contributed by atoms with Gasteiger partial charge in [0.1, 0.15) is 17.3 Å². The highest BCUT2D eigenvalue weighted by molar-refractivity contribution is 6.13. The van der Waals surface area contributed by atoms with Crippen LogP contribution in [0.15, 0.2) is 96.0 Å². The maximum atomic E-state index is 14.9. The van der Waals surface area contributed by atoms with Gasteiger partial charge in [-0.05, 0) is 41.0 Å². The molecular weight excluding hydrogens is 512 g/mol. The maximum Gasteiger partial charge on any atom is 0.416 e. The van der Waals surface area contributed by atoms with E-state index < -0.39 is 36.0 Å². The number of alkyl halides is 3. The first-order chi connectivity index (χ1) is 18.7. The fraction of sp³-hybridized carbons (Fsp3) is 0.133. The molecular formula is C30H22F4N2O3. The number of amidine groups is 1. The summed E-state index contributed by atoms with van der Waals surface area (Å²) in [5.41, 5.74) is 2.09. The van der Waals surface area contributed by atoms with Crippen molar-refractivity contribution < 1.29 is 32.6 Å². The Morgan fingerprint density at radius 3 is 2.28 bits per heavy atom. The lowest BCUT2D eigenvalue weighted by atomic mass is 9.94. The van der Waals surface area contributed by atoms with E-state index in [4.69, 9.17) is 0 Å². The molecule has 1 atom stereocenters. The van der Waals surface area contributed by atoms with E-state index in [9.17, 15) is 32.6 Å². The van der Waals surface area contributed by atoms with Crippen LogP contribution >= 0.6 is 0 Å². The van der Waals surface area contributed by atoms with Crippen LogP contribution in [0.1, 0.15) is 34.7 Å². The molecule has 0 aliphatic carbocycles. The Labute approximate surface area is 221 Å². The van der Waals surface area contributed by atoms with Gasteiger partial charge in [-0.2, -0.15) is 13.2 Å². The summed E-state index contributed by atoms with van der Waals surface area (Å²) in [4.78, 5) is 17.8. The first-order valence-corrected chi connectivity index (χ1v) is 12.0. The number of fused-ring (bicyclic) bond motifs is 1. The molecule has 5 rings (SSSR count). The average Bonchev–Trinajstić information content (AvgIpc) is 2.92. The smallest absolute Gasteiger partial charge is 0.416 e. The number of hydrogen-bond donors (Lipinski definition) is 2. The molecule has 0 amide bonds. The summed E-state index contributed by atoms with van der Waals surface area (Å²) >= 11 is 0. The Bertz CT molecular complexity index is 1570. The third-order valence-electron chi connectivity index (χ3n) is 6.60. The quantitative estimate of drug-likeness (QED) is 0.259. The zero-order chi connectivity index (χ0) is 27.7. The number of halogens is 4. The number of carboxylic acid groups (broad SMARTS) is 1. The number of rotatable bonds is 6. The minimum Gasteiger partial charge on any atom is -0.481 e. The summed E-state index contributed by atoms with van der Waals surface area (Å²) in [6.45, 7) is -0.166. The standard InChI is InChI=1S/C30H22F4N2O3/c31-25-10-4-9-24-26(16-27(38)39)36(22-7-3-6-21(15-22)30(32,33)34)29(35-28(24)25)19-13-11-18(12-14-19)23-8-2-1-5-20(23)17-37/h1-15,26,37H,16-17H2,(H,38,39). The molecule has 39 heavy (non-hydrogen) atoms. The fourth-order valence-electron chi connectivity index (χ4n) is 4.81. The normalized spacial score (nSPS) is 15.1. The van der Waals surface area contributed by atoms with Crippen LogP contribution in [0.5, 0.6) is 0 Å². The highest BCUT2D eigenvalue weighted by Gasteiger charge is 2.37. The Balaban J connectivity index is 1.69. The second kappa shape index (κ2) is 10.3. The molecule has 0 fully saturated rings. The van der Waals surface area contributed by atoms with Gasteiger partial charge in [0.2, 0.25) is 0 Å². The van der Waals surface area contributed by atoms with Crippen molar-refractivity contribution in [3.63, 3.8) is 0 Å². The molecule has 198 valence electrons. The summed E-state index contributed by atoms with van der Waals surface area (Å²) < 4.78 is 55.8. The molecule has 1 unspecified atom stereocenters. The van der Waals surface area contributed by atoms with E-state index in [1.54, 1.807) is 30.3 Å². The zero-order valence-corrected chi connectivity index (χ0v) is 20.4. The lowest BCUT2D eigenvalue weighted by molar-refractivity contribution is -0.138. The van der Waals surface area contributed by atoms with Crippen LogP contribution in [0.3, 0.4) is 0 Å². The van der Waals surface area contributed by atoms with Crippen molar-refractivity contribution in [1.29, 1.82) is 0 Å². The number of nitrogens with zero attached hydrogens (tertiary/aromatic N) is 2. The number of aliphatic hydroxyl groups excluding tert-OH is 1. The van der Waals surface area contributed by atoms with E-state index in [1.165, 1.54) is 35.2 Å². The Morgan fingerprint density at radius 1 is 0.897 bits per heavy atom. The van der Waals surface area contributed by atoms with Crippen LogP contribution in [0.2, 0.25) is 0 Å². The second-order valence-electron chi connectivity index (χ2n) is 9.04. The molecule has 0 saturated carbocycles. The highest BCUT2D eigenvalue weighted by atomic mass is 19.4. The topological polar surface area (TPSA) is 73.1 Å². The van der Waals surface area contributed by atoms with Gasteiger partial charge in [0, 0.05) is 16.8 Å². The number of aliphatic carboxylic acids is 1. The minimum atomic E-state index is -4.63. The van der Waals surface area contributed by atoms with Crippen LogP contribution in [0, 0.1) is 5.82 Å². The number of benzene rings is 4. The molecule has 9 heteroatoms. The largest absolute Gasteiger partial charge is 0.481 e. The van der Waals surface area contributed by atoms with E-state index in [2.05, 4.69) is 4.99 Å². The molecule has 0 spiro atoms. The van der Waals surface area contributed by atoms with E-state index in [0.717, 1.165) is 23.3 Å². The Hall–Kier alpha value is -4.50. The molecule has 1 aliphatic rings. The van der Waals surface area contributed by atoms with Crippen molar-refractivity contribution in [2.45, 2.75) is 25.2 Å². The van der Waals surface area contributed by atoms with Crippen molar-refractivity contribution in [2.75, 3.05) is 4.90 Å². The Kier molecular flexibility index (Phi) is 6.93. The van der Waals surface area contributed by atoms with Gasteiger partial charge in [-0.15, -0.1) is 0 Å². The summed E-state index contributed by atoms with van der Waals surface area (Å²) in [6, 6.07) is 21.8. The van der Waals surface area contributed by atoms with E-state index >= 15 is 0 Å². The van der Waals surface area contributed by atoms with Gasteiger partial charge in [-0.25, -0.2) is 9.38 Å². The summed E-state index contributed by atoms with van der Waals surface area (Å²) in [6.07, 6.45) is -5.13. The monoisotopic (exact) mass is 534 g/mol. The van der Waals surface area contributed by atoms with E-state index in [-0.39, 0.29) is 29.4 Å². The fourth-order valence-corrected chi connectivity index (χ4v) is 4.81. The molecule has 1 aliphatic heterocycles. The number of carbonyl (C=O) groups is 1. The summed E-state index contributed by atoms with van der Waals surface area (Å²) in [5, 5.41) is 19.4. The number of anilines is 1. The molecule has 4 aromatic carbocycles. The van der Waals surface area contributed by atoms with E-state index in [1.807, 2.05) is 18.2 Å². The van der Waals surface area contributed by atoms with Crippen molar-refractivity contribution in [2.24, 2.45) is 4.99 Å². The van der Waals surface area contributed by atoms with Crippen molar-refractivity contribution in [3.05, 3.63) is 119 Å². The molecule has 0 bridgehead atoms. The van der Waals surface area contributed by atoms with Gasteiger partial charge in [-0.1, -0.05) is 66.7 Å². The summed E-state index contributed by atoms with van der Waals surface area (Å²) in [5.74, 6) is -1.76. The van der Waals surface area contributed by atoms with Crippen molar-refractivity contribution >= 4 is 23.2 Å². The molecule has 0 saturated heterocycles. The second-order valence-corrected chi connectivity index (χ2v) is 9.04. The minimum absolute atomic E-state index is 0.0586. The lowest BCUT2D eigenvalue weighted by Gasteiger charge is -2.38. The van der Waals surface area contributed by atoms with Gasteiger partial charge >= 0.3 is 12.1 Å². The molecule has 1 heterocycles. The Morgan fingerprint density at radius 2 is 1.59 bits per heavy atom. The molecule has 4 aromatic rings. The number of para-hydroxylation sites is 1. The third-order valence-corrected chi connectivity index (χ3v) is 6.60. The van der Waals surface area contributed by atoms with Crippen LogP contribution in [0.4, 0.5) is 28.9 Å². The molecule has 2 N–H and O–H groups in total. The predicted molar refractivity (Wildman–Crippen MR) is 139 cm³/mol. The number of aliphatic hydroxyl groups is 1. The number of carboxylic acids is 1. The van der Waals surface area contributed by atoms with Gasteiger partial charge in [-0.3, -0.25) is 4.79 Å². The first kappa shape index (κ1) is 26.1. The summed E-state index contributed by atoms with van der Waals surface area (Å²) in [7, 11) is 0. The third kappa shape index (κ3) is 5.13. The predicted octanol–water partition coefficient (Wildman–Crippen LogP) is 7.12. The lowest BCUT2D eigenvalue weighted by Crippen LogP contribution is -2.39. The van der Waals surface area contributed by atoms with Crippen LogP contribution in [0.25, 0.3) is 11.1 Å². The van der Waals surface area contributed by atoms with Crippen LogP contribution < -0.4 is 4.90 Å². The first-order valence-electron chi connectivity index (χ1n) is 12.0. The van der Waals surface area contributed by atoms with Crippen LogP contribution in [-0.2, 0) is 17.6 Å². The highest BCUT2D eigenvalue weighted by Crippen LogP contribution is 2.43. The van der Waals surface area contributed by atoms with Gasteiger partial charge < -0.3 is 15.1 Å². The van der Waals surface area contributed by atoms with E-state index in [0.29, 0.717) is 11.1 Å². The van der Waals surface area contributed by atoms with Gasteiger partial charge in [0.05, 0.1) is 24.6 Å². The number of hydrogen-bond acceptors (Lipinski definition) is 4. The zero-order valence-electron chi connectivity index (χ0n) is 20.4. The van der Waals surface area contributed by atoms with Crippen LogP contribution in [-0.4, -0.2) is 22.0 Å². The molecule has 0 radical (unpaired) electrons. The van der Waals surface area contributed by atoms with Gasteiger partial charge in [0.25, 0.3) is 0 Å².